The Morgan fingerprint density at radius 1 is 1.44 bits per heavy atom. The number of carbonyl (C=O) groups is 1. The minimum absolute atomic E-state index is 0.0261. The van der Waals surface area contributed by atoms with Crippen molar-refractivity contribution in [3.63, 3.8) is 0 Å². The van der Waals surface area contributed by atoms with Crippen LogP contribution in [-0.4, -0.2) is 16.1 Å². The minimum atomic E-state index is -1.01. The fourth-order valence-electron chi connectivity index (χ4n) is 2.73. The van der Waals surface area contributed by atoms with Crippen molar-refractivity contribution in [2.45, 2.75) is 58.3 Å². The van der Waals surface area contributed by atoms with Crippen LogP contribution in [0.3, 0.4) is 0 Å². The summed E-state index contributed by atoms with van der Waals surface area (Å²) in [5, 5.41) is 9.14. The third-order valence-electron chi connectivity index (χ3n) is 3.70. The van der Waals surface area contributed by atoms with Gasteiger partial charge in [0.25, 0.3) is 0 Å². The molecular weight excluding hydrogens is 230 g/mol. The van der Waals surface area contributed by atoms with Gasteiger partial charge < -0.3 is 9.52 Å². The first-order valence-corrected chi connectivity index (χ1v) is 6.73. The maximum atomic E-state index is 11.2. The van der Waals surface area contributed by atoms with Crippen molar-refractivity contribution in [3.05, 3.63) is 17.3 Å². The average molecular weight is 251 g/mol. The molecule has 0 bridgehead atoms. The van der Waals surface area contributed by atoms with Gasteiger partial charge in [-0.05, 0) is 24.7 Å². The molecule has 100 valence electrons. The maximum Gasteiger partial charge on any atom is 0.373 e. The zero-order valence-corrected chi connectivity index (χ0v) is 11.3. The summed E-state index contributed by atoms with van der Waals surface area (Å²) in [4.78, 5) is 15.6. The topological polar surface area (TPSA) is 63.3 Å². The Morgan fingerprint density at radius 2 is 2.17 bits per heavy atom. The lowest BCUT2D eigenvalue weighted by Crippen LogP contribution is -2.12. The number of nitrogens with zero attached hydrogens (tertiary/aromatic N) is 1. The molecule has 1 aliphatic carbocycles. The van der Waals surface area contributed by atoms with Gasteiger partial charge in [-0.2, -0.15) is 0 Å². The van der Waals surface area contributed by atoms with E-state index in [9.17, 15) is 4.79 Å². The van der Waals surface area contributed by atoms with E-state index < -0.39 is 5.97 Å². The molecule has 0 spiro atoms. The molecule has 2 atom stereocenters. The molecule has 0 amide bonds. The first-order chi connectivity index (χ1) is 8.49. The molecule has 0 unspecified atom stereocenters. The van der Waals surface area contributed by atoms with E-state index in [4.69, 9.17) is 9.52 Å². The molecule has 0 radical (unpaired) electrons. The fourth-order valence-corrected chi connectivity index (χ4v) is 2.73. The summed E-state index contributed by atoms with van der Waals surface area (Å²) in [5.74, 6) is 0.683. The Labute approximate surface area is 107 Å². The quantitative estimate of drug-likeness (QED) is 0.887. The van der Waals surface area contributed by atoms with Crippen LogP contribution in [0.15, 0.2) is 4.42 Å². The van der Waals surface area contributed by atoms with Crippen molar-refractivity contribution >= 4 is 5.97 Å². The SMILES string of the molecule is CC(C)c1nc([C@H]2CCC[C@@H](C)C2)oc1C(=O)O. The number of hydrogen-bond donors (Lipinski definition) is 1. The van der Waals surface area contributed by atoms with Gasteiger partial charge in [-0.1, -0.05) is 33.6 Å². The molecule has 1 aromatic heterocycles. The van der Waals surface area contributed by atoms with E-state index in [-0.39, 0.29) is 11.7 Å². The standard InChI is InChI=1S/C14H21NO3/c1-8(2)11-12(14(16)17)18-13(15-11)10-6-4-5-9(3)7-10/h8-10H,4-7H2,1-3H3,(H,16,17)/t9-,10+/m1/s1. The van der Waals surface area contributed by atoms with E-state index in [1.807, 2.05) is 13.8 Å². The van der Waals surface area contributed by atoms with Crippen molar-refractivity contribution in [1.82, 2.24) is 4.98 Å². The van der Waals surface area contributed by atoms with Gasteiger partial charge >= 0.3 is 5.97 Å². The molecule has 0 aromatic carbocycles. The van der Waals surface area contributed by atoms with Crippen LogP contribution in [0.25, 0.3) is 0 Å². The average Bonchev–Trinajstić information content (AvgIpc) is 2.73. The maximum absolute atomic E-state index is 11.2. The van der Waals surface area contributed by atoms with Gasteiger partial charge in [0.1, 0.15) is 0 Å². The second-order valence-electron chi connectivity index (χ2n) is 5.70. The number of aromatic carboxylic acids is 1. The molecule has 1 heterocycles. The summed E-state index contributed by atoms with van der Waals surface area (Å²) in [6.07, 6.45) is 4.53. The normalized spacial score (nSPS) is 24.4. The van der Waals surface area contributed by atoms with Gasteiger partial charge in [0.15, 0.2) is 5.89 Å². The van der Waals surface area contributed by atoms with Gasteiger partial charge in [0, 0.05) is 5.92 Å². The number of oxazole rings is 1. The van der Waals surface area contributed by atoms with Crippen molar-refractivity contribution in [1.29, 1.82) is 0 Å². The predicted molar refractivity (Wildman–Crippen MR) is 67.9 cm³/mol. The van der Waals surface area contributed by atoms with Crippen LogP contribution in [0.4, 0.5) is 0 Å². The summed E-state index contributed by atoms with van der Waals surface area (Å²) in [6, 6.07) is 0. The van der Waals surface area contributed by atoms with Crippen molar-refractivity contribution in [2.75, 3.05) is 0 Å². The summed E-state index contributed by atoms with van der Waals surface area (Å²) >= 11 is 0. The molecule has 1 N–H and O–H groups in total. The summed E-state index contributed by atoms with van der Waals surface area (Å²) in [5.41, 5.74) is 0.579. The molecule has 1 saturated carbocycles. The van der Waals surface area contributed by atoms with Crippen LogP contribution < -0.4 is 0 Å². The van der Waals surface area contributed by atoms with E-state index in [0.29, 0.717) is 23.4 Å². The highest BCUT2D eigenvalue weighted by molar-refractivity contribution is 5.85. The number of carboxylic acid groups (broad SMARTS) is 1. The summed E-state index contributed by atoms with van der Waals surface area (Å²) < 4.78 is 5.51. The summed E-state index contributed by atoms with van der Waals surface area (Å²) in [6.45, 7) is 6.12. The van der Waals surface area contributed by atoms with Gasteiger partial charge in [-0.25, -0.2) is 9.78 Å². The third-order valence-corrected chi connectivity index (χ3v) is 3.70. The van der Waals surface area contributed by atoms with E-state index in [0.717, 1.165) is 12.8 Å². The third kappa shape index (κ3) is 2.57. The highest BCUT2D eigenvalue weighted by Crippen LogP contribution is 2.36. The Bertz CT molecular complexity index is 436. The van der Waals surface area contributed by atoms with Crippen molar-refractivity contribution in [3.8, 4) is 0 Å². The Kier molecular flexibility index (Phi) is 3.73. The van der Waals surface area contributed by atoms with E-state index in [1.54, 1.807) is 0 Å². The number of hydrogen-bond acceptors (Lipinski definition) is 3. The Hall–Kier alpha value is -1.32. The fraction of sp³-hybridized carbons (Fsp3) is 0.714. The van der Waals surface area contributed by atoms with Gasteiger partial charge in [-0.3, -0.25) is 0 Å². The molecule has 18 heavy (non-hydrogen) atoms. The van der Waals surface area contributed by atoms with Gasteiger partial charge in [0.2, 0.25) is 5.76 Å². The van der Waals surface area contributed by atoms with Crippen molar-refractivity contribution in [2.24, 2.45) is 5.92 Å². The van der Waals surface area contributed by atoms with E-state index >= 15 is 0 Å². The Morgan fingerprint density at radius 3 is 2.67 bits per heavy atom. The molecular formula is C14H21NO3. The highest BCUT2D eigenvalue weighted by atomic mass is 16.4. The second kappa shape index (κ2) is 5.12. The lowest BCUT2D eigenvalue weighted by Gasteiger charge is -2.24. The van der Waals surface area contributed by atoms with Gasteiger partial charge in [-0.15, -0.1) is 0 Å². The number of rotatable bonds is 3. The molecule has 2 rings (SSSR count). The lowest BCUT2D eigenvalue weighted by molar-refractivity contribution is 0.0656. The zero-order valence-electron chi connectivity index (χ0n) is 11.3. The smallest absolute Gasteiger partial charge is 0.373 e. The number of aromatic nitrogens is 1. The van der Waals surface area contributed by atoms with Crippen LogP contribution >= 0.6 is 0 Å². The molecule has 0 aliphatic heterocycles. The highest BCUT2D eigenvalue weighted by Gasteiger charge is 2.28. The molecule has 1 aliphatic rings. The van der Waals surface area contributed by atoms with E-state index in [2.05, 4.69) is 11.9 Å². The van der Waals surface area contributed by atoms with Crippen LogP contribution in [-0.2, 0) is 0 Å². The van der Waals surface area contributed by atoms with Crippen LogP contribution in [0.5, 0.6) is 0 Å². The lowest BCUT2D eigenvalue weighted by atomic mass is 9.82. The molecule has 4 heteroatoms. The second-order valence-corrected chi connectivity index (χ2v) is 5.70. The predicted octanol–water partition coefficient (Wildman–Crippen LogP) is 3.79. The minimum Gasteiger partial charge on any atom is -0.475 e. The zero-order chi connectivity index (χ0) is 13.3. The first-order valence-electron chi connectivity index (χ1n) is 6.73. The van der Waals surface area contributed by atoms with Gasteiger partial charge in [0.05, 0.1) is 5.69 Å². The van der Waals surface area contributed by atoms with Crippen LogP contribution in [0, 0.1) is 5.92 Å². The largest absolute Gasteiger partial charge is 0.475 e. The van der Waals surface area contributed by atoms with Crippen molar-refractivity contribution < 1.29 is 14.3 Å². The monoisotopic (exact) mass is 251 g/mol. The number of carboxylic acids is 1. The molecule has 0 saturated heterocycles. The van der Waals surface area contributed by atoms with E-state index in [1.165, 1.54) is 12.8 Å². The molecule has 1 aromatic rings. The van der Waals surface area contributed by atoms with Crippen LogP contribution in [0.1, 0.15) is 80.4 Å². The molecule has 4 nitrogen and oxygen atoms in total. The van der Waals surface area contributed by atoms with Crippen LogP contribution in [0.2, 0.25) is 0 Å². The summed E-state index contributed by atoms with van der Waals surface area (Å²) in [7, 11) is 0. The first kappa shape index (κ1) is 13.1. The molecule has 1 fully saturated rings. The Balaban J connectivity index is 2.28.